The molecule has 0 aromatic rings. The molecule has 0 aromatic heterocycles. The van der Waals surface area contributed by atoms with Crippen LogP contribution in [0.2, 0.25) is 0 Å². The SMILES string of the molecule is CC.CCC1CCN(C)CC1.NC=O. The lowest BCUT2D eigenvalue weighted by Gasteiger charge is -2.27. The molecular formula is C11H26N2O. The van der Waals surface area contributed by atoms with Crippen molar-refractivity contribution in [3.8, 4) is 0 Å². The Bertz CT molecular complexity index is 110. The molecule has 0 spiro atoms. The molecule has 86 valence electrons. The van der Waals surface area contributed by atoms with Crippen molar-refractivity contribution in [3.05, 3.63) is 0 Å². The zero-order valence-electron chi connectivity index (χ0n) is 10.1. The normalized spacial score (nSPS) is 17.1. The van der Waals surface area contributed by atoms with E-state index < -0.39 is 0 Å². The highest BCUT2D eigenvalue weighted by atomic mass is 16.1. The predicted octanol–water partition coefficient (Wildman–Crippen LogP) is 1.87. The van der Waals surface area contributed by atoms with E-state index in [0.29, 0.717) is 0 Å². The molecule has 1 rings (SSSR count). The summed E-state index contributed by atoms with van der Waals surface area (Å²) in [7, 11) is 2.21. The summed E-state index contributed by atoms with van der Waals surface area (Å²) in [5, 5.41) is 0. The van der Waals surface area contributed by atoms with Gasteiger partial charge in [0.05, 0.1) is 0 Å². The molecule has 0 saturated carbocycles. The molecule has 2 N–H and O–H groups in total. The van der Waals surface area contributed by atoms with E-state index >= 15 is 0 Å². The summed E-state index contributed by atoms with van der Waals surface area (Å²) >= 11 is 0. The van der Waals surface area contributed by atoms with E-state index in [1.54, 1.807) is 0 Å². The molecule has 1 saturated heterocycles. The predicted molar refractivity (Wildman–Crippen MR) is 62.1 cm³/mol. The van der Waals surface area contributed by atoms with Gasteiger partial charge in [-0.3, -0.25) is 4.79 Å². The van der Waals surface area contributed by atoms with E-state index in [0.717, 1.165) is 5.92 Å². The van der Waals surface area contributed by atoms with Crippen molar-refractivity contribution in [1.82, 2.24) is 4.90 Å². The molecule has 1 aliphatic heterocycles. The highest BCUT2D eigenvalue weighted by molar-refractivity contribution is 5.42. The van der Waals surface area contributed by atoms with Crippen LogP contribution in [0.1, 0.15) is 40.0 Å². The van der Waals surface area contributed by atoms with Gasteiger partial charge in [0.2, 0.25) is 6.41 Å². The Labute approximate surface area is 88.7 Å². The molecule has 14 heavy (non-hydrogen) atoms. The van der Waals surface area contributed by atoms with Crippen molar-refractivity contribution in [2.45, 2.75) is 40.0 Å². The van der Waals surface area contributed by atoms with Crippen LogP contribution in [0.4, 0.5) is 0 Å². The Hall–Kier alpha value is -0.570. The second-order valence-electron chi connectivity index (χ2n) is 3.29. The molecule has 1 aliphatic rings. The molecule has 3 nitrogen and oxygen atoms in total. The third kappa shape index (κ3) is 9.52. The van der Waals surface area contributed by atoms with E-state index in [9.17, 15) is 0 Å². The number of rotatable bonds is 1. The van der Waals surface area contributed by atoms with E-state index in [2.05, 4.69) is 24.6 Å². The average molecular weight is 202 g/mol. The minimum Gasteiger partial charge on any atom is -0.372 e. The smallest absolute Gasteiger partial charge is 0.204 e. The number of hydrogen-bond acceptors (Lipinski definition) is 2. The molecule has 0 bridgehead atoms. The van der Waals surface area contributed by atoms with Crippen LogP contribution < -0.4 is 5.73 Å². The summed E-state index contributed by atoms with van der Waals surface area (Å²) in [5.41, 5.74) is 4.17. The highest BCUT2D eigenvalue weighted by Crippen LogP contribution is 2.18. The van der Waals surface area contributed by atoms with Gasteiger partial charge in [-0.2, -0.15) is 0 Å². The summed E-state index contributed by atoms with van der Waals surface area (Å²) in [6, 6.07) is 0. The number of likely N-dealkylation sites (tertiary alicyclic amines) is 1. The van der Waals surface area contributed by atoms with Crippen molar-refractivity contribution in [2.75, 3.05) is 20.1 Å². The van der Waals surface area contributed by atoms with Gasteiger partial charge in [-0.1, -0.05) is 27.2 Å². The fourth-order valence-corrected chi connectivity index (χ4v) is 1.47. The minimum atomic E-state index is 0.250. The first-order chi connectivity index (χ1) is 6.74. The summed E-state index contributed by atoms with van der Waals surface area (Å²) in [6.45, 7) is 8.94. The first-order valence-corrected chi connectivity index (χ1v) is 5.58. The summed E-state index contributed by atoms with van der Waals surface area (Å²) in [4.78, 5) is 11.0. The lowest BCUT2D eigenvalue weighted by atomic mass is 9.95. The van der Waals surface area contributed by atoms with Crippen LogP contribution in [-0.2, 0) is 4.79 Å². The van der Waals surface area contributed by atoms with Crippen molar-refractivity contribution < 1.29 is 4.79 Å². The summed E-state index contributed by atoms with van der Waals surface area (Å²) in [6.07, 6.45) is 4.48. The zero-order valence-corrected chi connectivity index (χ0v) is 10.1. The molecule has 0 atom stereocenters. The second kappa shape index (κ2) is 12.4. The molecule has 1 amide bonds. The van der Waals surface area contributed by atoms with Gasteiger partial charge in [-0.15, -0.1) is 0 Å². The Kier molecular flexibility index (Phi) is 14.1. The molecule has 0 radical (unpaired) electrons. The number of nitrogens with two attached hydrogens (primary N) is 1. The van der Waals surface area contributed by atoms with Crippen LogP contribution in [0.5, 0.6) is 0 Å². The van der Waals surface area contributed by atoms with Gasteiger partial charge >= 0.3 is 0 Å². The minimum absolute atomic E-state index is 0.250. The van der Waals surface area contributed by atoms with Crippen LogP contribution in [-0.4, -0.2) is 31.4 Å². The third-order valence-corrected chi connectivity index (χ3v) is 2.42. The second-order valence-corrected chi connectivity index (χ2v) is 3.29. The van der Waals surface area contributed by atoms with Gasteiger partial charge in [0.25, 0.3) is 0 Å². The number of piperidine rings is 1. The molecule has 3 heteroatoms. The highest BCUT2D eigenvalue weighted by Gasteiger charge is 2.13. The Morgan fingerprint density at radius 2 is 1.71 bits per heavy atom. The van der Waals surface area contributed by atoms with Crippen molar-refractivity contribution >= 4 is 6.41 Å². The molecular weight excluding hydrogens is 176 g/mol. The molecule has 1 heterocycles. The Morgan fingerprint density at radius 3 is 2.00 bits per heavy atom. The van der Waals surface area contributed by atoms with Gasteiger partial charge < -0.3 is 10.6 Å². The largest absolute Gasteiger partial charge is 0.372 e. The monoisotopic (exact) mass is 202 g/mol. The maximum absolute atomic E-state index is 8.58. The summed E-state index contributed by atoms with van der Waals surface area (Å²) < 4.78 is 0. The van der Waals surface area contributed by atoms with Gasteiger partial charge in [0, 0.05) is 0 Å². The lowest BCUT2D eigenvalue weighted by Crippen LogP contribution is -2.29. The van der Waals surface area contributed by atoms with Crippen LogP contribution >= 0.6 is 0 Å². The van der Waals surface area contributed by atoms with E-state index in [-0.39, 0.29) is 6.41 Å². The quantitative estimate of drug-likeness (QED) is 0.660. The van der Waals surface area contributed by atoms with Crippen molar-refractivity contribution in [3.63, 3.8) is 0 Å². The van der Waals surface area contributed by atoms with Crippen LogP contribution in [0, 0.1) is 5.92 Å². The zero-order chi connectivity index (χ0) is 11.4. The fourth-order valence-electron chi connectivity index (χ4n) is 1.47. The average Bonchev–Trinajstić information content (AvgIpc) is 2.23. The molecule has 0 aliphatic carbocycles. The number of nitrogens with zero attached hydrogens (tertiary/aromatic N) is 1. The van der Waals surface area contributed by atoms with Crippen LogP contribution in [0.25, 0.3) is 0 Å². The van der Waals surface area contributed by atoms with Crippen molar-refractivity contribution in [2.24, 2.45) is 11.7 Å². The van der Waals surface area contributed by atoms with E-state index in [1.807, 2.05) is 13.8 Å². The number of carbonyl (C=O) groups is 1. The lowest BCUT2D eigenvalue weighted by molar-refractivity contribution is -0.106. The van der Waals surface area contributed by atoms with Gasteiger partial charge in [-0.25, -0.2) is 0 Å². The number of amides is 1. The number of primary amides is 1. The number of hydrogen-bond donors (Lipinski definition) is 1. The van der Waals surface area contributed by atoms with Crippen LogP contribution in [0.3, 0.4) is 0 Å². The third-order valence-electron chi connectivity index (χ3n) is 2.42. The maximum Gasteiger partial charge on any atom is 0.204 e. The first kappa shape index (κ1) is 15.9. The van der Waals surface area contributed by atoms with Crippen LogP contribution in [0.15, 0.2) is 0 Å². The summed E-state index contributed by atoms with van der Waals surface area (Å²) in [5.74, 6) is 1.03. The number of carbonyl (C=O) groups excluding carboxylic acids is 1. The van der Waals surface area contributed by atoms with E-state index in [4.69, 9.17) is 4.79 Å². The molecule has 1 fully saturated rings. The van der Waals surface area contributed by atoms with E-state index in [1.165, 1.54) is 32.4 Å². The van der Waals surface area contributed by atoms with Gasteiger partial charge in [0.1, 0.15) is 0 Å². The molecule has 0 aromatic carbocycles. The topological polar surface area (TPSA) is 46.3 Å². The Balaban J connectivity index is 0. The van der Waals surface area contributed by atoms with Gasteiger partial charge in [-0.05, 0) is 38.9 Å². The first-order valence-electron chi connectivity index (χ1n) is 5.58. The van der Waals surface area contributed by atoms with Crippen molar-refractivity contribution in [1.29, 1.82) is 0 Å². The Morgan fingerprint density at radius 1 is 1.36 bits per heavy atom. The maximum atomic E-state index is 8.58. The molecule has 0 unspecified atom stereocenters. The van der Waals surface area contributed by atoms with Gasteiger partial charge in [0.15, 0.2) is 0 Å². The fraction of sp³-hybridized carbons (Fsp3) is 0.909. The standard InChI is InChI=1S/C8H17N.C2H6.CH3NO/c1-3-8-4-6-9(2)7-5-8;1-2;2-1-3/h8H,3-7H2,1-2H3;1-2H3;1H,(H2,2,3).